The smallest absolute Gasteiger partial charge is 0.281 e. The SMILES string of the molecule is O=[N+]([O-])c1cccc([N+](=O)[O-])c1CC(F)(F)S(=O)(=O)O. The van der Waals surface area contributed by atoms with Crippen LogP contribution in [0.2, 0.25) is 0 Å². The Morgan fingerprint density at radius 2 is 1.55 bits per heavy atom. The van der Waals surface area contributed by atoms with E-state index >= 15 is 0 Å². The van der Waals surface area contributed by atoms with Gasteiger partial charge < -0.3 is 0 Å². The van der Waals surface area contributed by atoms with Crippen molar-refractivity contribution >= 4 is 21.5 Å². The number of hydrogen-bond donors (Lipinski definition) is 1. The topological polar surface area (TPSA) is 141 Å². The zero-order valence-electron chi connectivity index (χ0n) is 9.39. The van der Waals surface area contributed by atoms with E-state index in [-0.39, 0.29) is 0 Å². The van der Waals surface area contributed by atoms with Gasteiger partial charge in [0.15, 0.2) is 0 Å². The fourth-order valence-corrected chi connectivity index (χ4v) is 1.71. The highest BCUT2D eigenvalue weighted by molar-refractivity contribution is 7.86. The number of nitro benzene ring substituents is 2. The van der Waals surface area contributed by atoms with Crippen molar-refractivity contribution in [3.8, 4) is 0 Å². The number of hydrogen-bond acceptors (Lipinski definition) is 6. The van der Waals surface area contributed by atoms with E-state index in [9.17, 15) is 37.4 Å². The summed E-state index contributed by atoms with van der Waals surface area (Å²) in [6.07, 6.45) is -1.89. The minimum Gasteiger partial charge on any atom is -0.281 e. The third-order valence-corrected chi connectivity index (χ3v) is 3.18. The zero-order chi connectivity index (χ0) is 15.7. The third kappa shape index (κ3) is 3.03. The molecule has 0 saturated carbocycles. The fraction of sp³-hybridized carbons (Fsp3) is 0.250. The van der Waals surface area contributed by atoms with Gasteiger partial charge in [-0.3, -0.25) is 24.8 Å². The quantitative estimate of drug-likeness (QED) is 0.493. The van der Waals surface area contributed by atoms with Crippen molar-refractivity contribution in [2.24, 2.45) is 0 Å². The van der Waals surface area contributed by atoms with E-state index in [0.717, 1.165) is 6.07 Å². The largest absolute Gasteiger partial charge is 0.374 e. The van der Waals surface area contributed by atoms with Crippen LogP contribution < -0.4 is 0 Å². The normalized spacial score (nSPS) is 12.2. The lowest BCUT2D eigenvalue weighted by Gasteiger charge is -2.12. The highest BCUT2D eigenvalue weighted by Crippen LogP contribution is 2.35. The number of rotatable bonds is 5. The molecule has 1 rings (SSSR count). The summed E-state index contributed by atoms with van der Waals surface area (Å²) in [5, 5.41) is 16.5. The van der Waals surface area contributed by atoms with Gasteiger partial charge in [-0.2, -0.15) is 17.2 Å². The molecular formula is C8H6F2N2O7S. The Morgan fingerprint density at radius 1 is 1.15 bits per heavy atom. The molecule has 0 atom stereocenters. The lowest BCUT2D eigenvalue weighted by Crippen LogP contribution is -2.31. The van der Waals surface area contributed by atoms with Crippen molar-refractivity contribution in [3.63, 3.8) is 0 Å². The molecule has 0 radical (unpaired) electrons. The van der Waals surface area contributed by atoms with E-state index in [1.165, 1.54) is 0 Å². The molecule has 0 aromatic heterocycles. The van der Waals surface area contributed by atoms with Crippen molar-refractivity contribution in [1.29, 1.82) is 0 Å². The number of halogens is 2. The minimum absolute atomic E-state index is 0.711. The van der Waals surface area contributed by atoms with Gasteiger partial charge >= 0.3 is 15.4 Å². The predicted molar refractivity (Wildman–Crippen MR) is 60.0 cm³/mol. The Morgan fingerprint density at radius 3 is 1.85 bits per heavy atom. The van der Waals surface area contributed by atoms with E-state index in [4.69, 9.17) is 4.55 Å². The van der Waals surface area contributed by atoms with Crippen molar-refractivity contribution in [2.75, 3.05) is 0 Å². The van der Waals surface area contributed by atoms with Gasteiger partial charge in [0.25, 0.3) is 11.4 Å². The highest BCUT2D eigenvalue weighted by atomic mass is 32.2. The molecule has 0 heterocycles. The lowest BCUT2D eigenvalue weighted by atomic mass is 10.1. The Kier molecular flexibility index (Phi) is 4.00. The molecule has 0 unspecified atom stereocenters. The summed E-state index contributed by atoms with van der Waals surface area (Å²) in [5.41, 5.74) is -3.17. The maximum absolute atomic E-state index is 13.2. The Hall–Kier alpha value is -2.21. The number of alkyl halides is 2. The van der Waals surface area contributed by atoms with E-state index in [1.807, 2.05) is 0 Å². The molecule has 0 spiro atoms. The van der Waals surface area contributed by atoms with Crippen LogP contribution in [-0.2, 0) is 16.5 Å². The molecule has 1 N–H and O–H groups in total. The first-order chi connectivity index (χ1) is 8.97. The van der Waals surface area contributed by atoms with Gasteiger partial charge in [-0.1, -0.05) is 0 Å². The van der Waals surface area contributed by atoms with Crippen LogP contribution in [0.15, 0.2) is 18.2 Å². The molecule has 1 aromatic carbocycles. The molecule has 0 aliphatic carbocycles. The molecule has 0 aliphatic rings. The average Bonchev–Trinajstić information content (AvgIpc) is 2.26. The first-order valence-corrected chi connectivity index (χ1v) is 6.17. The maximum atomic E-state index is 13.2. The van der Waals surface area contributed by atoms with E-state index in [2.05, 4.69) is 0 Å². The second-order valence-corrected chi connectivity index (χ2v) is 5.13. The summed E-state index contributed by atoms with van der Waals surface area (Å²) in [6.45, 7) is 0. The van der Waals surface area contributed by atoms with Gasteiger partial charge in [0, 0.05) is 12.1 Å². The molecule has 0 amide bonds. The summed E-state index contributed by atoms with van der Waals surface area (Å²) in [5.74, 6) is 0. The van der Waals surface area contributed by atoms with Crippen LogP contribution in [0.3, 0.4) is 0 Å². The molecule has 110 valence electrons. The van der Waals surface area contributed by atoms with Crippen LogP contribution in [0.5, 0.6) is 0 Å². The molecular weight excluding hydrogens is 306 g/mol. The molecule has 0 aliphatic heterocycles. The van der Waals surface area contributed by atoms with Gasteiger partial charge in [-0.15, -0.1) is 0 Å². The summed E-state index contributed by atoms with van der Waals surface area (Å²) in [7, 11) is -5.86. The first-order valence-electron chi connectivity index (χ1n) is 4.73. The molecule has 12 heteroatoms. The summed E-state index contributed by atoms with van der Waals surface area (Å²) in [6, 6.07) is 2.32. The van der Waals surface area contributed by atoms with Crippen molar-refractivity contribution in [1.82, 2.24) is 0 Å². The Balaban J connectivity index is 3.50. The molecule has 0 bridgehead atoms. The molecule has 0 saturated heterocycles. The van der Waals surface area contributed by atoms with Gasteiger partial charge in [-0.25, -0.2) is 0 Å². The minimum atomic E-state index is -5.86. The average molecular weight is 312 g/mol. The fourth-order valence-electron chi connectivity index (χ4n) is 1.38. The number of nitrogens with zero attached hydrogens (tertiary/aromatic N) is 2. The van der Waals surface area contributed by atoms with Crippen LogP contribution in [0, 0.1) is 20.2 Å². The van der Waals surface area contributed by atoms with Crippen molar-refractivity contribution in [2.45, 2.75) is 11.7 Å². The second-order valence-electron chi connectivity index (χ2n) is 3.58. The monoisotopic (exact) mass is 312 g/mol. The third-order valence-electron chi connectivity index (χ3n) is 2.28. The van der Waals surface area contributed by atoms with Crippen LogP contribution in [0.25, 0.3) is 0 Å². The maximum Gasteiger partial charge on any atom is 0.374 e. The number of benzene rings is 1. The number of nitro groups is 2. The molecule has 0 fully saturated rings. The molecule has 20 heavy (non-hydrogen) atoms. The van der Waals surface area contributed by atoms with E-state index in [1.54, 1.807) is 0 Å². The van der Waals surface area contributed by atoms with Gasteiger partial charge in [0.2, 0.25) is 0 Å². The Bertz CT molecular complexity index is 641. The van der Waals surface area contributed by atoms with Gasteiger partial charge in [-0.05, 0) is 6.07 Å². The van der Waals surface area contributed by atoms with Crippen LogP contribution in [-0.4, -0.2) is 28.1 Å². The Labute approximate surface area is 109 Å². The molecule has 9 nitrogen and oxygen atoms in total. The standard InChI is InChI=1S/C8H6F2N2O7S/c9-8(10,20(17,18)19)4-5-6(11(13)14)2-1-3-7(5)12(15)16/h1-3H,4H2,(H,17,18,19). The van der Waals surface area contributed by atoms with Gasteiger partial charge in [0.1, 0.15) is 5.56 Å². The highest BCUT2D eigenvalue weighted by Gasteiger charge is 2.47. The van der Waals surface area contributed by atoms with Crippen molar-refractivity contribution < 1.29 is 31.6 Å². The lowest BCUT2D eigenvalue weighted by molar-refractivity contribution is -0.395. The van der Waals surface area contributed by atoms with E-state index < -0.39 is 48.6 Å². The predicted octanol–water partition coefficient (Wildman–Crippen LogP) is 1.53. The zero-order valence-corrected chi connectivity index (χ0v) is 10.2. The van der Waals surface area contributed by atoms with Crippen LogP contribution >= 0.6 is 0 Å². The van der Waals surface area contributed by atoms with E-state index in [0.29, 0.717) is 12.1 Å². The summed E-state index contributed by atoms with van der Waals surface area (Å²) < 4.78 is 55.8. The van der Waals surface area contributed by atoms with Crippen LogP contribution in [0.1, 0.15) is 5.56 Å². The summed E-state index contributed by atoms with van der Waals surface area (Å²) >= 11 is 0. The van der Waals surface area contributed by atoms with Crippen molar-refractivity contribution in [3.05, 3.63) is 44.0 Å². The molecule has 1 aromatic rings. The van der Waals surface area contributed by atoms with Gasteiger partial charge in [0.05, 0.1) is 16.3 Å². The first kappa shape index (κ1) is 15.8. The van der Waals surface area contributed by atoms with Crippen LogP contribution in [0.4, 0.5) is 20.2 Å². The second kappa shape index (κ2) is 5.05. The summed E-state index contributed by atoms with van der Waals surface area (Å²) in [4.78, 5) is 19.0.